The molecule has 2 aromatic rings. The van der Waals surface area contributed by atoms with E-state index in [0.717, 1.165) is 41.6 Å². The standard InChI is InChI=1S/C25H34N2O3S/c1-4-9-21(23(29)30)22-16-20(13-12-18(22)2)27-24(31)26-15-8-14-25(3,17-28)19-10-6-5-7-11-19/h5-7,10-13,16,21,28H,4,8-9,14-15,17H2,1-3H3,(H,29,30)(H2,26,27,31). The first-order valence-electron chi connectivity index (χ1n) is 10.9. The molecule has 6 heteroatoms. The Kier molecular flexibility index (Phi) is 9.46. The molecule has 0 saturated heterocycles. The van der Waals surface area contributed by atoms with Crippen molar-refractivity contribution >= 4 is 29.0 Å². The number of nitrogens with one attached hydrogen (secondary N) is 2. The van der Waals surface area contributed by atoms with E-state index in [1.165, 1.54) is 0 Å². The number of aryl methyl sites for hydroxylation is 1. The predicted octanol–water partition coefficient (Wildman–Crippen LogP) is 4.98. The first kappa shape index (κ1) is 24.8. The molecule has 5 nitrogen and oxygen atoms in total. The lowest BCUT2D eigenvalue weighted by molar-refractivity contribution is -0.139. The van der Waals surface area contributed by atoms with Crippen LogP contribution in [0, 0.1) is 6.92 Å². The number of aliphatic hydroxyl groups is 1. The lowest BCUT2D eigenvalue weighted by Crippen LogP contribution is -2.32. The highest BCUT2D eigenvalue weighted by molar-refractivity contribution is 7.80. The quantitative estimate of drug-likeness (QED) is 0.290. The summed E-state index contributed by atoms with van der Waals surface area (Å²) in [7, 11) is 0. The van der Waals surface area contributed by atoms with E-state index in [-0.39, 0.29) is 12.0 Å². The molecule has 168 valence electrons. The van der Waals surface area contributed by atoms with Crippen LogP contribution in [0.25, 0.3) is 0 Å². The Hall–Kier alpha value is -2.44. The second kappa shape index (κ2) is 11.8. The molecule has 0 spiro atoms. The summed E-state index contributed by atoms with van der Waals surface area (Å²) >= 11 is 5.42. The maximum absolute atomic E-state index is 11.7. The maximum atomic E-state index is 11.7. The van der Waals surface area contributed by atoms with Gasteiger partial charge in [0.15, 0.2) is 5.11 Å². The minimum atomic E-state index is -0.798. The van der Waals surface area contributed by atoms with E-state index in [4.69, 9.17) is 12.2 Å². The Bertz CT molecular complexity index is 872. The van der Waals surface area contributed by atoms with Crippen molar-refractivity contribution in [1.82, 2.24) is 5.32 Å². The lowest BCUT2D eigenvalue weighted by atomic mass is 9.79. The molecule has 2 aromatic carbocycles. The van der Waals surface area contributed by atoms with E-state index in [1.807, 2.05) is 62.4 Å². The van der Waals surface area contributed by atoms with Gasteiger partial charge in [-0.3, -0.25) is 4.79 Å². The van der Waals surface area contributed by atoms with Gasteiger partial charge in [-0.1, -0.05) is 56.7 Å². The van der Waals surface area contributed by atoms with Crippen molar-refractivity contribution in [3.63, 3.8) is 0 Å². The molecule has 0 aliphatic carbocycles. The van der Waals surface area contributed by atoms with Crippen LogP contribution in [-0.4, -0.2) is 34.4 Å². The third-order valence-electron chi connectivity index (χ3n) is 5.80. The zero-order valence-electron chi connectivity index (χ0n) is 18.6. The first-order chi connectivity index (χ1) is 14.8. The van der Waals surface area contributed by atoms with E-state index in [0.29, 0.717) is 18.1 Å². The molecular weight excluding hydrogens is 408 g/mol. The highest BCUT2D eigenvalue weighted by atomic mass is 32.1. The van der Waals surface area contributed by atoms with Crippen molar-refractivity contribution in [2.45, 2.75) is 57.8 Å². The monoisotopic (exact) mass is 442 g/mol. The summed E-state index contributed by atoms with van der Waals surface area (Å²) in [6.07, 6.45) is 3.09. The van der Waals surface area contributed by atoms with Gasteiger partial charge in [-0.2, -0.15) is 0 Å². The van der Waals surface area contributed by atoms with Gasteiger partial charge in [0.2, 0.25) is 0 Å². The summed E-state index contributed by atoms with van der Waals surface area (Å²) in [4.78, 5) is 11.7. The predicted molar refractivity (Wildman–Crippen MR) is 131 cm³/mol. The Morgan fingerprint density at radius 1 is 1.19 bits per heavy atom. The molecule has 2 unspecified atom stereocenters. The summed E-state index contributed by atoms with van der Waals surface area (Å²) < 4.78 is 0. The average molecular weight is 443 g/mol. The number of thiocarbonyl (C=S) groups is 1. The van der Waals surface area contributed by atoms with Gasteiger partial charge in [-0.05, 0) is 67.2 Å². The second-order valence-electron chi connectivity index (χ2n) is 8.32. The van der Waals surface area contributed by atoms with Crippen LogP contribution in [0.15, 0.2) is 48.5 Å². The van der Waals surface area contributed by atoms with Crippen LogP contribution in [0.2, 0.25) is 0 Å². The van der Waals surface area contributed by atoms with E-state index >= 15 is 0 Å². The molecule has 2 rings (SSSR count). The van der Waals surface area contributed by atoms with E-state index in [1.54, 1.807) is 0 Å². The Morgan fingerprint density at radius 3 is 2.52 bits per heavy atom. The summed E-state index contributed by atoms with van der Waals surface area (Å²) in [6, 6.07) is 15.8. The van der Waals surface area contributed by atoms with Crippen molar-refractivity contribution in [2.24, 2.45) is 0 Å². The Balaban J connectivity index is 1.91. The van der Waals surface area contributed by atoms with Gasteiger partial charge in [0, 0.05) is 17.6 Å². The van der Waals surface area contributed by atoms with Gasteiger partial charge in [-0.15, -0.1) is 0 Å². The zero-order valence-corrected chi connectivity index (χ0v) is 19.5. The van der Waals surface area contributed by atoms with Gasteiger partial charge < -0.3 is 20.8 Å². The minimum absolute atomic E-state index is 0.0916. The number of hydrogen-bond donors (Lipinski definition) is 4. The number of aliphatic hydroxyl groups excluding tert-OH is 1. The highest BCUT2D eigenvalue weighted by Gasteiger charge is 2.25. The molecule has 0 saturated carbocycles. The smallest absolute Gasteiger partial charge is 0.310 e. The minimum Gasteiger partial charge on any atom is -0.481 e. The molecule has 0 aliphatic heterocycles. The molecule has 4 N–H and O–H groups in total. The van der Waals surface area contributed by atoms with Crippen molar-refractivity contribution < 1.29 is 15.0 Å². The van der Waals surface area contributed by atoms with Crippen LogP contribution in [0.3, 0.4) is 0 Å². The fourth-order valence-electron chi connectivity index (χ4n) is 3.81. The number of benzene rings is 2. The molecule has 0 bridgehead atoms. The molecule has 2 atom stereocenters. The van der Waals surface area contributed by atoms with Crippen molar-refractivity contribution in [1.29, 1.82) is 0 Å². The van der Waals surface area contributed by atoms with Gasteiger partial charge in [0.1, 0.15) is 0 Å². The van der Waals surface area contributed by atoms with Crippen LogP contribution in [-0.2, 0) is 10.2 Å². The van der Waals surface area contributed by atoms with Crippen LogP contribution in [0.1, 0.15) is 62.1 Å². The van der Waals surface area contributed by atoms with Crippen LogP contribution in [0.5, 0.6) is 0 Å². The summed E-state index contributed by atoms with van der Waals surface area (Å²) in [5, 5.41) is 26.4. The number of hydrogen-bond acceptors (Lipinski definition) is 3. The number of rotatable bonds is 11. The number of carbonyl (C=O) groups is 1. The molecule has 0 heterocycles. The number of carboxylic acid groups (broad SMARTS) is 1. The van der Waals surface area contributed by atoms with E-state index in [2.05, 4.69) is 17.6 Å². The van der Waals surface area contributed by atoms with Crippen LogP contribution in [0.4, 0.5) is 5.69 Å². The van der Waals surface area contributed by atoms with Crippen LogP contribution < -0.4 is 10.6 Å². The zero-order chi connectivity index (χ0) is 22.9. The molecule has 31 heavy (non-hydrogen) atoms. The Morgan fingerprint density at radius 2 is 1.90 bits per heavy atom. The number of aliphatic carboxylic acids is 1. The molecule has 0 fully saturated rings. The first-order valence-corrected chi connectivity index (χ1v) is 11.3. The molecule has 0 aliphatic rings. The topological polar surface area (TPSA) is 81.6 Å². The number of carboxylic acids is 1. The maximum Gasteiger partial charge on any atom is 0.310 e. The number of anilines is 1. The third-order valence-corrected chi connectivity index (χ3v) is 6.04. The van der Waals surface area contributed by atoms with Crippen molar-refractivity contribution in [3.05, 3.63) is 65.2 Å². The van der Waals surface area contributed by atoms with Crippen LogP contribution >= 0.6 is 12.2 Å². The van der Waals surface area contributed by atoms with Gasteiger partial charge >= 0.3 is 5.97 Å². The average Bonchev–Trinajstić information content (AvgIpc) is 2.77. The second-order valence-corrected chi connectivity index (χ2v) is 8.73. The molecule has 0 radical (unpaired) electrons. The summed E-state index contributed by atoms with van der Waals surface area (Å²) in [6.45, 7) is 6.77. The Labute approximate surface area is 190 Å². The summed E-state index contributed by atoms with van der Waals surface area (Å²) in [5.41, 5.74) is 3.42. The van der Waals surface area contributed by atoms with Gasteiger partial charge in [0.05, 0.1) is 12.5 Å². The van der Waals surface area contributed by atoms with E-state index in [9.17, 15) is 15.0 Å². The SMILES string of the molecule is CCCC(C(=O)O)c1cc(NC(=S)NCCCC(C)(CO)c2ccccc2)ccc1C. The molecule has 0 amide bonds. The third kappa shape index (κ3) is 7.04. The normalized spacial score (nSPS) is 13.8. The fraction of sp³-hybridized carbons (Fsp3) is 0.440. The molecule has 0 aromatic heterocycles. The molecular formula is C25H34N2O3S. The lowest BCUT2D eigenvalue weighted by Gasteiger charge is -2.28. The largest absolute Gasteiger partial charge is 0.481 e. The van der Waals surface area contributed by atoms with E-state index < -0.39 is 11.9 Å². The summed E-state index contributed by atoms with van der Waals surface area (Å²) in [5.74, 6) is -1.31. The fourth-order valence-corrected chi connectivity index (χ4v) is 4.03. The van der Waals surface area contributed by atoms with Gasteiger partial charge in [-0.25, -0.2) is 0 Å². The van der Waals surface area contributed by atoms with Gasteiger partial charge in [0.25, 0.3) is 0 Å². The highest BCUT2D eigenvalue weighted by Crippen LogP contribution is 2.29. The van der Waals surface area contributed by atoms with Crippen molar-refractivity contribution in [2.75, 3.05) is 18.5 Å². The van der Waals surface area contributed by atoms with Crippen molar-refractivity contribution in [3.8, 4) is 0 Å².